The summed E-state index contributed by atoms with van der Waals surface area (Å²) in [4.78, 5) is 2.51. The van der Waals surface area contributed by atoms with E-state index in [2.05, 4.69) is 100 Å². The summed E-state index contributed by atoms with van der Waals surface area (Å²) in [6, 6.07) is 21.2. The van der Waals surface area contributed by atoms with Crippen LogP contribution in [0.15, 0.2) is 60.7 Å². The number of likely N-dealkylation sites (N-methyl/N-ethyl adjacent to an activating group) is 1. The van der Waals surface area contributed by atoms with Gasteiger partial charge in [-0.25, -0.2) is 0 Å². The van der Waals surface area contributed by atoms with Crippen LogP contribution in [-0.4, -0.2) is 49.5 Å². The first-order chi connectivity index (χ1) is 19.4. The minimum atomic E-state index is 0.00948. The van der Waals surface area contributed by atoms with Crippen molar-refractivity contribution < 1.29 is 14.2 Å². The molecule has 0 amide bonds. The molecule has 1 fully saturated rings. The van der Waals surface area contributed by atoms with E-state index in [1.165, 1.54) is 62.5 Å². The Morgan fingerprint density at radius 2 is 1.27 bits per heavy atom. The van der Waals surface area contributed by atoms with Crippen LogP contribution in [0.25, 0.3) is 0 Å². The zero-order chi connectivity index (χ0) is 28.6. The van der Waals surface area contributed by atoms with E-state index in [1.807, 2.05) is 0 Å². The Morgan fingerprint density at radius 3 is 1.88 bits per heavy atom. The molecule has 3 rings (SSSR count). The van der Waals surface area contributed by atoms with Crippen molar-refractivity contribution in [2.24, 2.45) is 5.41 Å². The van der Waals surface area contributed by atoms with Gasteiger partial charge >= 0.3 is 0 Å². The van der Waals surface area contributed by atoms with Crippen LogP contribution in [0.3, 0.4) is 0 Å². The van der Waals surface area contributed by atoms with Crippen molar-refractivity contribution in [2.45, 2.75) is 129 Å². The molecule has 4 heteroatoms. The molecule has 0 aromatic heterocycles. The number of rotatable bonds is 19. The lowest BCUT2D eigenvalue weighted by atomic mass is 9.89. The molecule has 0 bridgehead atoms. The Balaban J connectivity index is 1.68. The first kappa shape index (κ1) is 32.8. The van der Waals surface area contributed by atoms with Crippen molar-refractivity contribution in [1.82, 2.24) is 4.90 Å². The van der Waals surface area contributed by atoms with Crippen LogP contribution in [0.4, 0.5) is 0 Å². The second kappa shape index (κ2) is 18.0. The van der Waals surface area contributed by atoms with E-state index in [-0.39, 0.29) is 24.4 Å². The first-order valence-corrected chi connectivity index (χ1v) is 16.0. The van der Waals surface area contributed by atoms with Gasteiger partial charge in [0.2, 0.25) is 0 Å². The highest BCUT2D eigenvalue weighted by Gasteiger charge is 2.47. The maximum Gasteiger partial charge on any atom is 0.102 e. The maximum atomic E-state index is 6.73. The zero-order valence-electron chi connectivity index (χ0n) is 26.2. The smallest absolute Gasteiger partial charge is 0.102 e. The fraction of sp³-hybridized carbons (Fsp3) is 0.667. The second-order valence-electron chi connectivity index (χ2n) is 13.0. The molecule has 0 saturated heterocycles. The Labute approximate surface area is 245 Å². The molecular formula is C36H57NO3. The van der Waals surface area contributed by atoms with Gasteiger partial charge in [0, 0.05) is 13.0 Å². The molecule has 40 heavy (non-hydrogen) atoms. The van der Waals surface area contributed by atoms with Crippen LogP contribution in [0.5, 0.6) is 0 Å². The lowest BCUT2D eigenvalue weighted by Gasteiger charge is -2.34. The average Bonchev–Trinajstić information content (AvgIpc) is 3.30. The lowest BCUT2D eigenvalue weighted by molar-refractivity contribution is -0.0898. The zero-order valence-corrected chi connectivity index (χ0v) is 26.2. The molecule has 0 radical (unpaired) electrons. The molecule has 4 unspecified atom stereocenters. The summed E-state index contributed by atoms with van der Waals surface area (Å²) in [6.45, 7) is 12.4. The average molecular weight is 552 g/mol. The Hall–Kier alpha value is -1.72. The molecule has 4 atom stereocenters. The van der Waals surface area contributed by atoms with Crippen LogP contribution >= 0.6 is 0 Å². The molecule has 0 heterocycles. The quantitative estimate of drug-likeness (QED) is 0.163. The summed E-state index contributed by atoms with van der Waals surface area (Å²) in [5.74, 6) is 0. The molecule has 0 aliphatic heterocycles. The van der Waals surface area contributed by atoms with Crippen LogP contribution in [0.1, 0.15) is 103 Å². The standard InChI is InChI=1S/C36H57NO3/c1-6-7-8-9-19-26-38-35-33(40-29-31-22-15-11-16-23-31)27-32(39-28-30-20-13-10-14-21-30)34(35)37(5)25-18-12-17-24-36(2,3)4/h10-11,13-16,20-23,32-35H,6-9,12,17-19,24-29H2,1-5H3. The van der Waals surface area contributed by atoms with E-state index in [1.54, 1.807) is 0 Å². The Kier molecular flexibility index (Phi) is 14.7. The van der Waals surface area contributed by atoms with Crippen molar-refractivity contribution in [3.63, 3.8) is 0 Å². The lowest BCUT2D eigenvalue weighted by Crippen LogP contribution is -2.48. The fourth-order valence-electron chi connectivity index (χ4n) is 5.83. The van der Waals surface area contributed by atoms with E-state index < -0.39 is 0 Å². The fourth-order valence-corrected chi connectivity index (χ4v) is 5.83. The van der Waals surface area contributed by atoms with Crippen molar-refractivity contribution in [1.29, 1.82) is 0 Å². The molecule has 1 saturated carbocycles. The van der Waals surface area contributed by atoms with Crippen molar-refractivity contribution >= 4 is 0 Å². The van der Waals surface area contributed by atoms with Gasteiger partial charge in [-0.1, -0.05) is 127 Å². The largest absolute Gasteiger partial charge is 0.374 e. The molecule has 1 aliphatic rings. The van der Waals surface area contributed by atoms with Gasteiger partial charge in [0.25, 0.3) is 0 Å². The number of benzene rings is 2. The molecule has 4 nitrogen and oxygen atoms in total. The molecule has 2 aromatic rings. The molecule has 0 spiro atoms. The third kappa shape index (κ3) is 12.0. The molecule has 0 N–H and O–H groups in total. The van der Waals surface area contributed by atoms with E-state index in [9.17, 15) is 0 Å². The van der Waals surface area contributed by atoms with E-state index in [0.29, 0.717) is 18.6 Å². The van der Waals surface area contributed by atoms with Crippen molar-refractivity contribution in [3.8, 4) is 0 Å². The van der Waals surface area contributed by atoms with Crippen molar-refractivity contribution in [3.05, 3.63) is 71.8 Å². The summed E-state index contributed by atoms with van der Waals surface area (Å²) in [6.07, 6.45) is 12.2. The van der Waals surface area contributed by atoms with Gasteiger partial charge in [-0.15, -0.1) is 0 Å². The van der Waals surface area contributed by atoms with E-state index in [4.69, 9.17) is 14.2 Å². The van der Waals surface area contributed by atoms with Gasteiger partial charge < -0.3 is 14.2 Å². The Bertz CT molecular complexity index is 897. The number of hydrogen-bond acceptors (Lipinski definition) is 4. The van der Waals surface area contributed by atoms with Gasteiger partial charge in [0.1, 0.15) is 6.10 Å². The monoisotopic (exact) mass is 551 g/mol. The van der Waals surface area contributed by atoms with Crippen LogP contribution in [0, 0.1) is 5.41 Å². The third-order valence-corrected chi connectivity index (χ3v) is 8.17. The van der Waals surface area contributed by atoms with Gasteiger partial charge in [-0.2, -0.15) is 0 Å². The van der Waals surface area contributed by atoms with Gasteiger partial charge in [-0.05, 0) is 49.4 Å². The summed E-state index contributed by atoms with van der Waals surface area (Å²) < 4.78 is 20.0. The summed E-state index contributed by atoms with van der Waals surface area (Å²) in [5, 5.41) is 0. The van der Waals surface area contributed by atoms with E-state index in [0.717, 1.165) is 26.0 Å². The van der Waals surface area contributed by atoms with Crippen LogP contribution in [-0.2, 0) is 27.4 Å². The summed E-state index contributed by atoms with van der Waals surface area (Å²) in [5.41, 5.74) is 2.83. The van der Waals surface area contributed by atoms with E-state index >= 15 is 0 Å². The van der Waals surface area contributed by atoms with Gasteiger partial charge in [0.15, 0.2) is 0 Å². The van der Waals surface area contributed by atoms with Crippen LogP contribution < -0.4 is 0 Å². The maximum absolute atomic E-state index is 6.73. The topological polar surface area (TPSA) is 30.9 Å². The molecule has 224 valence electrons. The SMILES string of the molecule is CCCCCCCOC1C(OCc2ccccc2)CC(OCc2ccccc2)C1N(C)CCCCCC(C)(C)C. The highest BCUT2D eigenvalue weighted by Crippen LogP contribution is 2.34. The second-order valence-corrected chi connectivity index (χ2v) is 13.0. The van der Waals surface area contributed by atoms with Crippen molar-refractivity contribution in [2.75, 3.05) is 20.2 Å². The van der Waals surface area contributed by atoms with Gasteiger partial charge in [0.05, 0.1) is 31.5 Å². The van der Waals surface area contributed by atoms with Crippen LogP contribution in [0.2, 0.25) is 0 Å². The normalized spacial score (nSPS) is 21.4. The number of ether oxygens (including phenoxy) is 3. The third-order valence-electron chi connectivity index (χ3n) is 8.17. The molecule has 2 aromatic carbocycles. The minimum Gasteiger partial charge on any atom is -0.374 e. The highest BCUT2D eigenvalue weighted by molar-refractivity contribution is 5.15. The summed E-state index contributed by atoms with van der Waals surface area (Å²) in [7, 11) is 2.27. The predicted molar refractivity (Wildman–Crippen MR) is 167 cm³/mol. The Morgan fingerprint density at radius 1 is 0.700 bits per heavy atom. The minimum absolute atomic E-state index is 0.00948. The first-order valence-electron chi connectivity index (χ1n) is 16.0. The van der Waals surface area contributed by atoms with Gasteiger partial charge in [-0.3, -0.25) is 4.90 Å². The number of unbranched alkanes of at least 4 members (excludes halogenated alkanes) is 6. The number of hydrogen-bond donors (Lipinski definition) is 0. The number of nitrogens with zero attached hydrogens (tertiary/aromatic N) is 1. The highest BCUT2D eigenvalue weighted by atomic mass is 16.6. The summed E-state index contributed by atoms with van der Waals surface area (Å²) >= 11 is 0. The molecular weight excluding hydrogens is 494 g/mol. The molecule has 1 aliphatic carbocycles. The predicted octanol–water partition coefficient (Wildman–Crippen LogP) is 8.82.